The SMILES string of the molecule is COc1cccc(C(=O)NCc2nn3c(C(F)(F)F)nnc3s2)c1. The van der Waals surface area contributed by atoms with E-state index in [-0.39, 0.29) is 16.5 Å². The Labute approximate surface area is 137 Å². The number of aromatic nitrogens is 4. The topological polar surface area (TPSA) is 81.4 Å². The van der Waals surface area contributed by atoms with Gasteiger partial charge >= 0.3 is 6.18 Å². The van der Waals surface area contributed by atoms with Crippen LogP contribution in [0.1, 0.15) is 21.2 Å². The molecule has 0 spiro atoms. The van der Waals surface area contributed by atoms with Gasteiger partial charge in [-0.2, -0.15) is 22.8 Å². The minimum Gasteiger partial charge on any atom is -0.497 e. The van der Waals surface area contributed by atoms with E-state index in [4.69, 9.17) is 4.74 Å². The Morgan fingerprint density at radius 2 is 2.17 bits per heavy atom. The van der Waals surface area contributed by atoms with E-state index in [1.54, 1.807) is 24.3 Å². The van der Waals surface area contributed by atoms with Crippen LogP contribution in [0.3, 0.4) is 0 Å². The van der Waals surface area contributed by atoms with Crippen molar-refractivity contribution in [2.45, 2.75) is 12.7 Å². The van der Waals surface area contributed by atoms with Crippen LogP contribution in [0.15, 0.2) is 24.3 Å². The number of rotatable bonds is 4. The van der Waals surface area contributed by atoms with E-state index in [0.29, 0.717) is 15.8 Å². The molecule has 0 fully saturated rings. The highest BCUT2D eigenvalue weighted by Gasteiger charge is 2.38. The maximum Gasteiger partial charge on any atom is 0.453 e. The third-order valence-corrected chi connectivity index (χ3v) is 3.92. The molecule has 126 valence electrons. The van der Waals surface area contributed by atoms with Gasteiger partial charge in [0.15, 0.2) is 0 Å². The smallest absolute Gasteiger partial charge is 0.453 e. The molecule has 2 heterocycles. The third-order valence-electron chi connectivity index (χ3n) is 3.02. The van der Waals surface area contributed by atoms with Crippen LogP contribution < -0.4 is 10.1 Å². The normalized spacial score (nSPS) is 11.7. The Bertz CT molecular complexity index is 889. The van der Waals surface area contributed by atoms with Crippen molar-refractivity contribution in [1.82, 2.24) is 25.1 Å². The molecular formula is C13H10F3N5O2S. The molecule has 0 aliphatic rings. The van der Waals surface area contributed by atoms with E-state index >= 15 is 0 Å². The number of nitrogens with one attached hydrogen (secondary N) is 1. The highest BCUT2D eigenvalue weighted by atomic mass is 32.1. The Balaban J connectivity index is 1.73. The second kappa shape index (κ2) is 6.07. The number of carbonyl (C=O) groups excluding carboxylic acids is 1. The van der Waals surface area contributed by atoms with Gasteiger partial charge in [0.1, 0.15) is 10.8 Å². The van der Waals surface area contributed by atoms with Crippen LogP contribution in [0, 0.1) is 0 Å². The maximum absolute atomic E-state index is 12.7. The Hall–Kier alpha value is -2.69. The summed E-state index contributed by atoms with van der Waals surface area (Å²) in [5.41, 5.74) is 0.369. The molecule has 0 atom stereocenters. The number of hydrogen-bond acceptors (Lipinski definition) is 6. The largest absolute Gasteiger partial charge is 0.497 e. The van der Waals surface area contributed by atoms with E-state index in [1.165, 1.54) is 7.11 Å². The van der Waals surface area contributed by atoms with E-state index in [2.05, 4.69) is 20.6 Å². The molecule has 0 aliphatic carbocycles. The summed E-state index contributed by atoms with van der Waals surface area (Å²) in [6.45, 7) is -0.0264. The fraction of sp³-hybridized carbons (Fsp3) is 0.231. The molecule has 0 saturated carbocycles. The molecule has 7 nitrogen and oxygen atoms in total. The first kappa shape index (κ1) is 16.2. The lowest BCUT2D eigenvalue weighted by Gasteiger charge is -2.05. The quantitative estimate of drug-likeness (QED) is 0.774. The van der Waals surface area contributed by atoms with Crippen molar-refractivity contribution in [1.29, 1.82) is 0 Å². The molecule has 0 bridgehead atoms. The zero-order valence-electron chi connectivity index (χ0n) is 12.2. The first-order valence-corrected chi connectivity index (χ1v) is 7.40. The Kier molecular flexibility index (Phi) is 4.09. The lowest BCUT2D eigenvalue weighted by atomic mass is 10.2. The molecular weight excluding hydrogens is 347 g/mol. The molecule has 24 heavy (non-hydrogen) atoms. The summed E-state index contributed by atoms with van der Waals surface area (Å²) in [5, 5.41) is 13.2. The van der Waals surface area contributed by atoms with E-state index in [1.807, 2.05) is 0 Å². The molecule has 0 unspecified atom stereocenters. The predicted octanol–water partition coefficient (Wildman–Crippen LogP) is 2.14. The van der Waals surface area contributed by atoms with Gasteiger partial charge in [0.25, 0.3) is 11.7 Å². The molecule has 11 heteroatoms. The van der Waals surface area contributed by atoms with Gasteiger partial charge in [0, 0.05) is 5.56 Å². The minimum atomic E-state index is -4.64. The molecule has 3 rings (SSSR count). The number of hydrogen-bond donors (Lipinski definition) is 1. The molecule has 0 aliphatic heterocycles. The number of ether oxygens (including phenoxy) is 1. The maximum atomic E-state index is 12.7. The standard InChI is InChI=1S/C13H10F3N5O2S/c1-23-8-4-2-3-7(5-8)10(22)17-6-9-20-21-11(13(14,15)16)18-19-12(21)24-9/h2-5H,6H2,1H3,(H,17,22). The summed E-state index contributed by atoms with van der Waals surface area (Å²) >= 11 is 0.918. The first-order chi connectivity index (χ1) is 11.4. The lowest BCUT2D eigenvalue weighted by molar-refractivity contribution is -0.146. The van der Waals surface area contributed by atoms with Gasteiger partial charge in [-0.25, -0.2) is 0 Å². The molecule has 0 radical (unpaired) electrons. The number of nitrogens with zero attached hydrogens (tertiary/aromatic N) is 4. The van der Waals surface area contributed by atoms with Crippen LogP contribution >= 0.6 is 11.3 Å². The molecule has 0 saturated heterocycles. The fourth-order valence-corrected chi connectivity index (χ4v) is 2.70. The Morgan fingerprint density at radius 3 is 2.88 bits per heavy atom. The zero-order valence-corrected chi connectivity index (χ0v) is 13.0. The zero-order chi connectivity index (χ0) is 17.3. The summed E-state index contributed by atoms with van der Waals surface area (Å²) in [6.07, 6.45) is -4.64. The predicted molar refractivity (Wildman–Crippen MR) is 77.8 cm³/mol. The lowest BCUT2D eigenvalue weighted by Crippen LogP contribution is -2.23. The first-order valence-electron chi connectivity index (χ1n) is 6.59. The molecule has 3 aromatic rings. The van der Waals surface area contributed by atoms with Crippen molar-refractivity contribution < 1.29 is 22.7 Å². The van der Waals surface area contributed by atoms with Gasteiger partial charge in [-0.3, -0.25) is 4.79 Å². The van der Waals surface area contributed by atoms with Gasteiger partial charge in [-0.15, -0.1) is 10.2 Å². The molecule has 2 aromatic heterocycles. The average Bonchev–Trinajstić information content (AvgIpc) is 3.11. The van der Waals surface area contributed by atoms with Crippen LogP contribution in [-0.4, -0.2) is 32.8 Å². The van der Waals surface area contributed by atoms with Crippen molar-refractivity contribution in [3.05, 3.63) is 40.7 Å². The van der Waals surface area contributed by atoms with Gasteiger partial charge in [-0.05, 0) is 18.2 Å². The number of alkyl halides is 3. The number of halogens is 3. The van der Waals surface area contributed by atoms with E-state index < -0.39 is 17.9 Å². The summed E-state index contributed by atoms with van der Waals surface area (Å²) in [5.74, 6) is -1.06. The second-order valence-corrected chi connectivity index (χ2v) is 5.67. The summed E-state index contributed by atoms with van der Waals surface area (Å²) in [6, 6.07) is 6.50. The summed E-state index contributed by atoms with van der Waals surface area (Å²) in [7, 11) is 1.48. The van der Waals surface area contributed by atoms with Crippen molar-refractivity contribution in [3.8, 4) is 5.75 Å². The minimum absolute atomic E-state index is 0.00737. The van der Waals surface area contributed by atoms with Gasteiger partial charge in [0.2, 0.25) is 4.96 Å². The van der Waals surface area contributed by atoms with Crippen molar-refractivity contribution >= 4 is 22.2 Å². The van der Waals surface area contributed by atoms with Gasteiger partial charge in [-0.1, -0.05) is 17.4 Å². The number of benzene rings is 1. The molecule has 1 aromatic carbocycles. The third kappa shape index (κ3) is 3.15. The number of methoxy groups -OCH3 is 1. The van der Waals surface area contributed by atoms with Crippen LogP contribution in [0.5, 0.6) is 5.75 Å². The summed E-state index contributed by atoms with van der Waals surface area (Å²) < 4.78 is 43.8. The highest BCUT2D eigenvalue weighted by Crippen LogP contribution is 2.28. The number of fused-ring (bicyclic) bond motifs is 1. The van der Waals surface area contributed by atoms with E-state index in [9.17, 15) is 18.0 Å². The van der Waals surface area contributed by atoms with Crippen LogP contribution in [-0.2, 0) is 12.7 Å². The summed E-state index contributed by atoms with van der Waals surface area (Å²) in [4.78, 5) is 12.1. The van der Waals surface area contributed by atoms with Gasteiger partial charge < -0.3 is 10.1 Å². The van der Waals surface area contributed by atoms with Crippen LogP contribution in [0.25, 0.3) is 4.96 Å². The average molecular weight is 357 g/mol. The molecule has 1 N–H and O–H groups in total. The second-order valence-electron chi connectivity index (χ2n) is 4.63. The van der Waals surface area contributed by atoms with Crippen molar-refractivity contribution in [3.63, 3.8) is 0 Å². The Morgan fingerprint density at radius 1 is 1.38 bits per heavy atom. The van der Waals surface area contributed by atoms with Crippen molar-refractivity contribution in [2.75, 3.05) is 7.11 Å². The number of carbonyl (C=O) groups is 1. The van der Waals surface area contributed by atoms with Crippen LogP contribution in [0.2, 0.25) is 0 Å². The fourth-order valence-electron chi connectivity index (χ4n) is 1.93. The van der Waals surface area contributed by atoms with Crippen molar-refractivity contribution in [2.24, 2.45) is 0 Å². The monoisotopic (exact) mass is 357 g/mol. The number of amides is 1. The molecule has 1 amide bonds. The highest BCUT2D eigenvalue weighted by molar-refractivity contribution is 7.16. The van der Waals surface area contributed by atoms with E-state index in [0.717, 1.165) is 11.3 Å². The van der Waals surface area contributed by atoms with Gasteiger partial charge in [0.05, 0.1) is 13.7 Å². The van der Waals surface area contributed by atoms with Crippen LogP contribution in [0.4, 0.5) is 13.2 Å².